The number of nitrogens with one attached hydrogen (secondary N) is 1. The Balaban J connectivity index is 1.30. The van der Waals surface area contributed by atoms with Crippen molar-refractivity contribution >= 4 is 11.9 Å². The van der Waals surface area contributed by atoms with Gasteiger partial charge in [0.1, 0.15) is 11.7 Å². The van der Waals surface area contributed by atoms with E-state index in [0.29, 0.717) is 24.2 Å². The van der Waals surface area contributed by atoms with Crippen LogP contribution in [0.15, 0.2) is 23.0 Å². The van der Waals surface area contributed by atoms with Gasteiger partial charge < -0.3 is 14.8 Å². The minimum absolute atomic E-state index is 0.0236. The van der Waals surface area contributed by atoms with Crippen molar-refractivity contribution < 1.29 is 19.1 Å². The van der Waals surface area contributed by atoms with Crippen LogP contribution in [0.4, 0.5) is 0 Å². The van der Waals surface area contributed by atoms with E-state index in [2.05, 4.69) is 46.0 Å². The first-order valence-corrected chi connectivity index (χ1v) is 15.9. The largest absolute Gasteiger partial charge is 0.491 e. The second-order valence-corrected chi connectivity index (χ2v) is 14.6. The smallest absolute Gasteiger partial charge is 0.306 e. The van der Waals surface area contributed by atoms with Gasteiger partial charge in [0, 0.05) is 38.6 Å². The number of ether oxygens (including phenoxy) is 2. The molecule has 0 unspecified atom stereocenters. The number of amides is 1. The van der Waals surface area contributed by atoms with Crippen LogP contribution in [0.5, 0.6) is 0 Å². The maximum atomic E-state index is 12.2. The maximum Gasteiger partial charge on any atom is 0.306 e. The summed E-state index contributed by atoms with van der Waals surface area (Å²) in [4.78, 5) is 23.5. The molecule has 4 aliphatic carbocycles. The fourth-order valence-electron chi connectivity index (χ4n) is 10.1. The molecule has 3 saturated carbocycles. The Morgan fingerprint density at radius 3 is 2.67 bits per heavy atom. The highest BCUT2D eigenvalue weighted by atomic mass is 16.5. The van der Waals surface area contributed by atoms with E-state index >= 15 is 0 Å². The first kappa shape index (κ1) is 28.7. The molecule has 1 N–H and O–H groups in total. The Bertz CT molecular complexity index is 1050. The Kier molecular flexibility index (Phi) is 7.78. The first-order valence-electron chi connectivity index (χ1n) is 15.9. The van der Waals surface area contributed by atoms with E-state index in [9.17, 15) is 9.59 Å². The lowest BCUT2D eigenvalue weighted by atomic mass is 9.47. The normalized spacial score (nSPS) is 41.4. The van der Waals surface area contributed by atoms with Crippen molar-refractivity contribution in [1.29, 1.82) is 0 Å². The van der Waals surface area contributed by atoms with Crippen LogP contribution in [0.1, 0.15) is 119 Å². The molecule has 5 rings (SSSR count). The van der Waals surface area contributed by atoms with Gasteiger partial charge in [0.15, 0.2) is 0 Å². The fourth-order valence-corrected chi connectivity index (χ4v) is 10.1. The standard InChI is InChI=1S/C34H53NO4/c1-8-9-30(37)38-25-14-16-32(5)24(18-25)11-12-26-27(32)15-17-33(6)28(26)19-34(7)31(33)22(3)29(39-34)13-10-21(2)20-35-23(4)36/h11,21,25-28,31H,8-10,12-20H2,1-7H3,(H,35,36)/t21-,25-,26-,27+,28+,31-,32-,33-,34-/m0/s1. The van der Waals surface area contributed by atoms with Crippen molar-refractivity contribution in [1.82, 2.24) is 5.32 Å². The molecule has 1 aliphatic heterocycles. The monoisotopic (exact) mass is 539 g/mol. The van der Waals surface area contributed by atoms with Crippen LogP contribution in [0.2, 0.25) is 0 Å². The summed E-state index contributed by atoms with van der Waals surface area (Å²) < 4.78 is 12.8. The number of rotatable bonds is 8. The second-order valence-electron chi connectivity index (χ2n) is 14.6. The van der Waals surface area contributed by atoms with E-state index in [1.165, 1.54) is 30.6 Å². The summed E-state index contributed by atoms with van der Waals surface area (Å²) in [6.45, 7) is 16.5. The molecule has 0 aromatic carbocycles. The lowest BCUT2D eigenvalue weighted by Crippen LogP contribution is -2.50. The van der Waals surface area contributed by atoms with Gasteiger partial charge in [-0.2, -0.15) is 0 Å². The molecule has 0 radical (unpaired) electrons. The van der Waals surface area contributed by atoms with E-state index < -0.39 is 0 Å². The Hall–Kier alpha value is -1.78. The first-order chi connectivity index (χ1) is 18.4. The molecular formula is C34H53NO4. The van der Waals surface area contributed by atoms with Gasteiger partial charge in [-0.05, 0) is 105 Å². The third-order valence-electron chi connectivity index (χ3n) is 11.9. The van der Waals surface area contributed by atoms with Crippen LogP contribution in [-0.2, 0) is 19.1 Å². The van der Waals surface area contributed by atoms with Crippen LogP contribution >= 0.6 is 0 Å². The van der Waals surface area contributed by atoms with Gasteiger partial charge >= 0.3 is 5.97 Å². The molecule has 0 spiro atoms. The summed E-state index contributed by atoms with van der Waals surface area (Å²) in [6.07, 6.45) is 14.0. The van der Waals surface area contributed by atoms with Crippen LogP contribution < -0.4 is 5.32 Å². The third kappa shape index (κ3) is 4.99. The minimum atomic E-state index is -0.0926. The number of carbonyl (C=O) groups is 2. The van der Waals surface area contributed by atoms with E-state index in [-0.39, 0.29) is 34.4 Å². The average molecular weight is 540 g/mol. The predicted octanol–water partition coefficient (Wildman–Crippen LogP) is 7.50. The van der Waals surface area contributed by atoms with Gasteiger partial charge in [-0.1, -0.05) is 39.3 Å². The van der Waals surface area contributed by atoms with Crippen molar-refractivity contribution in [2.24, 2.45) is 40.4 Å². The summed E-state index contributed by atoms with van der Waals surface area (Å²) in [5, 5.41) is 2.96. The van der Waals surface area contributed by atoms with E-state index in [4.69, 9.17) is 9.47 Å². The third-order valence-corrected chi connectivity index (χ3v) is 11.9. The van der Waals surface area contributed by atoms with Gasteiger partial charge in [0.2, 0.25) is 5.91 Å². The quantitative estimate of drug-likeness (QED) is 0.256. The molecule has 0 aromatic rings. The summed E-state index contributed by atoms with van der Waals surface area (Å²) in [6, 6.07) is 0. The number of carbonyl (C=O) groups excluding carboxylic acids is 2. The summed E-state index contributed by atoms with van der Waals surface area (Å²) >= 11 is 0. The van der Waals surface area contributed by atoms with Crippen LogP contribution in [0, 0.1) is 40.4 Å². The van der Waals surface area contributed by atoms with Gasteiger partial charge in [-0.25, -0.2) is 0 Å². The van der Waals surface area contributed by atoms with Crippen molar-refractivity contribution in [3.05, 3.63) is 23.0 Å². The zero-order chi connectivity index (χ0) is 28.2. The lowest BCUT2D eigenvalue weighted by molar-refractivity contribution is -0.151. The molecule has 0 bridgehead atoms. The molecule has 5 nitrogen and oxygen atoms in total. The van der Waals surface area contributed by atoms with Crippen molar-refractivity contribution in [2.75, 3.05) is 6.54 Å². The molecule has 5 heteroatoms. The van der Waals surface area contributed by atoms with E-state index in [1.807, 2.05) is 6.92 Å². The van der Waals surface area contributed by atoms with Crippen LogP contribution in [-0.4, -0.2) is 30.1 Å². The van der Waals surface area contributed by atoms with Crippen molar-refractivity contribution in [2.45, 2.75) is 131 Å². The lowest BCUT2D eigenvalue weighted by Gasteiger charge is -2.58. The zero-order valence-electron chi connectivity index (χ0n) is 25.7. The van der Waals surface area contributed by atoms with Crippen LogP contribution in [0.3, 0.4) is 0 Å². The summed E-state index contributed by atoms with van der Waals surface area (Å²) in [5.41, 5.74) is 3.51. The van der Waals surface area contributed by atoms with Gasteiger partial charge in [0.25, 0.3) is 0 Å². The van der Waals surface area contributed by atoms with Crippen LogP contribution in [0.25, 0.3) is 0 Å². The topological polar surface area (TPSA) is 64.6 Å². The second kappa shape index (κ2) is 10.6. The molecule has 9 atom stereocenters. The van der Waals surface area contributed by atoms with Gasteiger partial charge in [-0.3, -0.25) is 9.59 Å². The van der Waals surface area contributed by atoms with E-state index in [0.717, 1.165) is 63.3 Å². The molecule has 39 heavy (non-hydrogen) atoms. The summed E-state index contributed by atoms with van der Waals surface area (Å²) in [5.74, 6) is 4.34. The molecule has 218 valence electrons. The van der Waals surface area contributed by atoms with Crippen molar-refractivity contribution in [3.63, 3.8) is 0 Å². The SMILES string of the molecule is CCCC(=O)O[C@H]1CC[C@@]2(C)C(=CC[C@@H]3[C@H]4C[C@]5(C)OC(CC[C@H](C)CNC(C)=O)=C(C)[C@H]5[C@@]4(C)CC[C@H]32)C1. The molecule has 5 aliphatic rings. The molecule has 1 heterocycles. The molecular weight excluding hydrogens is 486 g/mol. The molecule has 1 amide bonds. The number of esters is 1. The van der Waals surface area contributed by atoms with Crippen molar-refractivity contribution in [3.8, 4) is 0 Å². The van der Waals surface area contributed by atoms with Gasteiger partial charge in [-0.15, -0.1) is 0 Å². The number of allylic oxidation sites excluding steroid dienone is 2. The highest BCUT2D eigenvalue weighted by Gasteiger charge is 2.67. The minimum Gasteiger partial charge on any atom is -0.491 e. The number of fused-ring (bicyclic) bond motifs is 7. The van der Waals surface area contributed by atoms with Gasteiger partial charge in [0.05, 0.1) is 5.76 Å². The highest BCUT2D eigenvalue weighted by molar-refractivity contribution is 5.72. The molecule has 0 aromatic heterocycles. The Morgan fingerprint density at radius 2 is 1.95 bits per heavy atom. The number of hydrogen-bond donors (Lipinski definition) is 1. The zero-order valence-corrected chi connectivity index (χ0v) is 25.7. The average Bonchev–Trinajstić information content (AvgIpc) is 3.27. The highest BCUT2D eigenvalue weighted by Crippen LogP contribution is 2.71. The van der Waals surface area contributed by atoms with E-state index in [1.54, 1.807) is 12.5 Å². The summed E-state index contributed by atoms with van der Waals surface area (Å²) in [7, 11) is 0. The molecule has 0 saturated heterocycles. The fraction of sp³-hybridized carbons (Fsp3) is 0.824. The Labute approximate surface area is 236 Å². The number of hydrogen-bond acceptors (Lipinski definition) is 4. The maximum absolute atomic E-state index is 12.2. The predicted molar refractivity (Wildman–Crippen MR) is 155 cm³/mol. The molecule has 3 fully saturated rings. The Morgan fingerprint density at radius 1 is 1.18 bits per heavy atom.